The molecule has 1 fully saturated rings. The summed E-state index contributed by atoms with van der Waals surface area (Å²) in [4.78, 5) is 38.9. The average Bonchev–Trinajstić information content (AvgIpc) is 3.18. The minimum atomic E-state index is -0.721. The second kappa shape index (κ2) is 9.56. The summed E-state index contributed by atoms with van der Waals surface area (Å²) < 4.78 is 11.1. The fourth-order valence-corrected chi connectivity index (χ4v) is 3.61. The van der Waals surface area contributed by atoms with Crippen LogP contribution in [0.2, 0.25) is 0 Å². The van der Waals surface area contributed by atoms with Crippen molar-refractivity contribution < 1.29 is 23.9 Å². The summed E-state index contributed by atoms with van der Waals surface area (Å²) in [7, 11) is 0. The Balaban J connectivity index is 1.67. The maximum atomic E-state index is 13.2. The lowest BCUT2D eigenvalue weighted by Crippen LogP contribution is -2.55. The number of para-hydroxylation sites is 1. The third-order valence-electron chi connectivity index (χ3n) is 5.19. The lowest BCUT2D eigenvalue weighted by molar-refractivity contribution is -0.132. The van der Waals surface area contributed by atoms with E-state index in [0.29, 0.717) is 18.8 Å². The molecule has 174 valence electrons. The van der Waals surface area contributed by atoms with Gasteiger partial charge in [0.15, 0.2) is 0 Å². The molecular weight excluding hydrogens is 414 g/mol. The summed E-state index contributed by atoms with van der Waals surface area (Å²) in [5, 5.41) is 8.68. The monoisotopic (exact) mass is 445 g/mol. The zero-order valence-corrected chi connectivity index (χ0v) is 18.9. The van der Waals surface area contributed by atoms with Gasteiger partial charge in [0.05, 0.1) is 24.4 Å². The molecule has 1 saturated heterocycles. The van der Waals surface area contributed by atoms with Gasteiger partial charge in [0, 0.05) is 19.5 Å². The number of morpholine rings is 1. The first-order valence-electron chi connectivity index (χ1n) is 10.7. The van der Waals surface area contributed by atoms with E-state index in [4.69, 9.17) is 15.2 Å². The van der Waals surface area contributed by atoms with Crippen molar-refractivity contribution in [3.63, 3.8) is 0 Å². The number of hydrogen-bond acceptors (Lipinski definition) is 7. The normalized spacial score (nSPS) is 22.2. The van der Waals surface area contributed by atoms with E-state index in [2.05, 4.69) is 10.4 Å². The van der Waals surface area contributed by atoms with Gasteiger partial charge in [-0.05, 0) is 39.8 Å². The zero-order chi connectivity index (χ0) is 23.5. The Morgan fingerprint density at radius 2 is 1.94 bits per heavy atom. The summed E-state index contributed by atoms with van der Waals surface area (Å²) >= 11 is 0. The number of anilines is 1. The van der Waals surface area contributed by atoms with Crippen LogP contribution in [-0.2, 0) is 19.1 Å². The highest BCUT2D eigenvalue weighted by Gasteiger charge is 2.38. The minimum Gasteiger partial charge on any atom is -0.444 e. The van der Waals surface area contributed by atoms with Gasteiger partial charge in [0.25, 0.3) is 5.91 Å². The molecule has 0 saturated carbocycles. The third-order valence-corrected chi connectivity index (χ3v) is 5.19. The van der Waals surface area contributed by atoms with Gasteiger partial charge < -0.3 is 25.4 Å². The molecule has 10 heteroatoms. The Bertz CT molecular complexity index is 882. The van der Waals surface area contributed by atoms with Crippen molar-refractivity contribution in [2.75, 3.05) is 24.7 Å². The van der Waals surface area contributed by atoms with Crippen molar-refractivity contribution >= 4 is 29.3 Å². The molecule has 3 rings (SSSR count). The topological polar surface area (TPSA) is 127 Å². The van der Waals surface area contributed by atoms with Crippen LogP contribution in [0.25, 0.3) is 0 Å². The van der Waals surface area contributed by atoms with E-state index in [1.54, 1.807) is 32.6 Å². The number of benzene rings is 1. The summed E-state index contributed by atoms with van der Waals surface area (Å²) in [6.07, 6.45) is -0.809. The molecule has 0 spiro atoms. The van der Waals surface area contributed by atoms with Crippen LogP contribution in [0.1, 0.15) is 34.1 Å². The Hall–Kier alpha value is -3.14. The lowest BCUT2D eigenvalue weighted by atomic mass is 10.1. The molecule has 0 bridgehead atoms. The Morgan fingerprint density at radius 1 is 1.25 bits per heavy atom. The van der Waals surface area contributed by atoms with Gasteiger partial charge in [-0.2, -0.15) is 5.10 Å². The van der Waals surface area contributed by atoms with Gasteiger partial charge >= 0.3 is 6.09 Å². The number of alkyl carbamates (subject to hydrolysis) is 1. The summed E-state index contributed by atoms with van der Waals surface area (Å²) in [6, 6.07) is 8.03. The standard InChI is InChI=1S/C22H31N5O5/c1-14(24-21(30)32-22(2,3)4)18-13-26(10-11-31-18)20(29)16-12-17(19(23)28)27(25-16)15-8-6-5-7-9-15/h5-9,14,17-18H,10-13H2,1-4H3,(H2,23,28)(H,24,30)/t14-,17+,18+/m0/s1. The SMILES string of the molecule is C[C@H](NC(=O)OC(C)(C)C)[C@H]1CN(C(=O)C2=NN(c3ccccc3)[C@@H](C(N)=O)C2)CCO1. The van der Waals surface area contributed by atoms with Crippen molar-refractivity contribution in [1.29, 1.82) is 0 Å². The van der Waals surface area contributed by atoms with Gasteiger partial charge in [0.2, 0.25) is 5.91 Å². The van der Waals surface area contributed by atoms with Crippen LogP contribution < -0.4 is 16.1 Å². The van der Waals surface area contributed by atoms with Crippen LogP contribution in [0.15, 0.2) is 35.4 Å². The Morgan fingerprint density at radius 3 is 2.56 bits per heavy atom. The number of carbonyl (C=O) groups is 3. The Kier molecular flexibility index (Phi) is 7.02. The average molecular weight is 446 g/mol. The molecule has 10 nitrogen and oxygen atoms in total. The molecule has 0 aromatic heterocycles. The number of nitrogens with one attached hydrogen (secondary N) is 1. The highest BCUT2D eigenvalue weighted by molar-refractivity contribution is 6.40. The van der Waals surface area contributed by atoms with Crippen molar-refractivity contribution in [3.8, 4) is 0 Å². The number of rotatable bonds is 5. The van der Waals surface area contributed by atoms with Crippen LogP contribution in [-0.4, -0.2) is 72.0 Å². The second-order valence-corrected chi connectivity index (χ2v) is 8.94. The number of ether oxygens (including phenoxy) is 2. The highest BCUT2D eigenvalue weighted by Crippen LogP contribution is 2.25. The van der Waals surface area contributed by atoms with Gasteiger partial charge in [-0.15, -0.1) is 0 Å². The molecule has 0 aliphatic carbocycles. The molecule has 0 unspecified atom stereocenters. The van der Waals surface area contributed by atoms with Crippen LogP contribution in [0.5, 0.6) is 0 Å². The number of hydrogen-bond donors (Lipinski definition) is 2. The van der Waals surface area contributed by atoms with E-state index >= 15 is 0 Å². The second-order valence-electron chi connectivity index (χ2n) is 8.94. The lowest BCUT2D eigenvalue weighted by Gasteiger charge is -2.36. The molecule has 32 heavy (non-hydrogen) atoms. The smallest absolute Gasteiger partial charge is 0.407 e. The van der Waals surface area contributed by atoms with Crippen LogP contribution >= 0.6 is 0 Å². The Labute approximate surface area is 187 Å². The van der Waals surface area contributed by atoms with Gasteiger partial charge in [0.1, 0.15) is 17.4 Å². The molecule has 1 aromatic carbocycles. The maximum absolute atomic E-state index is 13.2. The van der Waals surface area contributed by atoms with E-state index in [0.717, 1.165) is 0 Å². The number of nitrogens with zero attached hydrogens (tertiary/aromatic N) is 3. The molecule has 3 atom stereocenters. The van der Waals surface area contributed by atoms with Gasteiger partial charge in [-0.3, -0.25) is 14.6 Å². The van der Waals surface area contributed by atoms with E-state index < -0.39 is 29.7 Å². The zero-order valence-electron chi connectivity index (χ0n) is 18.9. The van der Waals surface area contributed by atoms with Crippen molar-refractivity contribution in [3.05, 3.63) is 30.3 Å². The fourth-order valence-electron chi connectivity index (χ4n) is 3.61. The summed E-state index contributed by atoms with van der Waals surface area (Å²) in [5.41, 5.74) is 5.92. The van der Waals surface area contributed by atoms with Crippen LogP contribution in [0.3, 0.4) is 0 Å². The van der Waals surface area contributed by atoms with Crippen molar-refractivity contribution in [2.24, 2.45) is 10.8 Å². The largest absolute Gasteiger partial charge is 0.444 e. The predicted molar refractivity (Wildman–Crippen MR) is 119 cm³/mol. The molecule has 3 amide bonds. The number of amides is 3. The first kappa shape index (κ1) is 23.5. The van der Waals surface area contributed by atoms with E-state index in [1.165, 1.54) is 5.01 Å². The number of carbonyl (C=O) groups excluding carboxylic acids is 3. The summed E-state index contributed by atoms with van der Waals surface area (Å²) in [6.45, 7) is 8.16. The summed E-state index contributed by atoms with van der Waals surface area (Å²) in [5.74, 6) is -0.817. The van der Waals surface area contributed by atoms with E-state index in [9.17, 15) is 14.4 Å². The number of hydrazone groups is 1. The fraction of sp³-hybridized carbons (Fsp3) is 0.545. The minimum absolute atomic E-state index is 0.136. The molecule has 2 heterocycles. The third kappa shape index (κ3) is 5.76. The van der Waals surface area contributed by atoms with E-state index in [-0.39, 0.29) is 30.6 Å². The van der Waals surface area contributed by atoms with Gasteiger partial charge in [-0.25, -0.2) is 4.79 Å². The highest BCUT2D eigenvalue weighted by atomic mass is 16.6. The first-order chi connectivity index (χ1) is 15.0. The van der Waals surface area contributed by atoms with Crippen molar-refractivity contribution in [2.45, 2.75) is 57.9 Å². The first-order valence-corrected chi connectivity index (χ1v) is 10.7. The molecule has 0 radical (unpaired) electrons. The molecule has 2 aliphatic rings. The maximum Gasteiger partial charge on any atom is 0.407 e. The van der Waals surface area contributed by atoms with Crippen molar-refractivity contribution in [1.82, 2.24) is 10.2 Å². The molecule has 2 aliphatic heterocycles. The molecule has 1 aromatic rings. The number of nitrogens with two attached hydrogens (primary N) is 1. The van der Waals surface area contributed by atoms with E-state index in [1.807, 2.05) is 30.3 Å². The number of primary amides is 1. The molecule has 3 N–H and O–H groups in total. The molecular formula is C22H31N5O5. The van der Waals surface area contributed by atoms with Gasteiger partial charge in [-0.1, -0.05) is 18.2 Å². The predicted octanol–water partition coefficient (Wildman–Crippen LogP) is 1.25. The van der Waals surface area contributed by atoms with Crippen LogP contribution in [0, 0.1) is 0 Å². The van der Waals surface area contributed by atoms with Crippen LogP contribution in [0.4, 0.5) is 10.5 Å². The quantitative estimate of drug-likeness (QED) is 0.702.